The largest absolute Gasteiger partial charge is 0.456 e. The third-order valence-corrected chi connectivity index (χ3v) is 4.21. The monoisotopic (exact) mass is 314 g/mol. The number of thiazole rings is 1. The van der Waals surface area contributed by atoms with Crippen molar-refractivity contribution in [2.24, 2.45) is 0 Å². The number of aryl methyl sites for hydroxylation is 2. The molecule has 112 valence electrons. The predicted octanol–water partition coefficient (Wildman–Crippen LogP) is 2.73. The van der Waals surface area contributed by atoms with Crippen LogP contribution < -0.4 is 5.56 Å². The standard InChI is InChI=1S/C16H14N2O3S/c1-10-3-5-12(6-4-10)15(20)21-8-13-7-14(19)18-11(2)9-22-16(18)17-13/h3-7,9H,8H2,1-2H3. The second kappa shape index (κ2) is 5.73. The van der Waals surface area contributed by atoms with Crippen molar-refractivity contribution in [2.45, 2.75) is 20.5 Å². The molecule has 0 saturated heterocycles. The number of hydrogen-bond donors (Lipinski definition) is 0. The van der Waals surface area contributed by atoms with Gasteiger partial charge >= 0.3 is 5.97 Å². The fourth-order valence-electron chi connectivity index (χ4n) is 2.09. The first-order valence-electron chi connectivity index (χ1n) is 6.75. The summed E-state index contributed by atoms with van der Waals surface area (Å²) in [5.41, 5.74) is 2.69. The Labute approximate surface area is 130 Å². The number of ether oxygens (including phenoxy) is 1. The molecule has 0 radical (unpaired) electrons. The molecule has 0 saturated carbocycles. The average Bonchev–Trinajstić information content (AvgIpc) is 2.87. The van der Waals surface area contributed by atoms with Gasteiger partial charge in [0.05, 0.1) is 11.3 Å². The molecule has 5 nitrogen and oxygen atoms in total. The summed E-state index contributed by atoms with van der Waals surface area (Å²) in [4.78, 5) is 28.9. The molecule has 0 amide bonds. The number of fused-ring (bicyclic) bond motifs is 1. The molecule has 3 rings (SSSR count). The van der Waals surface area contributed by atoms with E-state index in [1.165, 1.54) is 21.8 Å². The Morgan fingerprint density at radius 3 is 2.73 bits per heavy atom. The van der Waals surface area contributed by atoms with Crippen LogP contribution in [-0.2, 0) is 11.3 Å². The summed E-state index contributed by atoms with van der Waals surface area (Å²) in [7, 11) is 0. The summed E-state index contributed by atoms with van der Waals surface area (Å²) in [5, 5.41) is 1.87. The number of nitrogens with zero attached hydrogens (tertiary/aromatic N) is 2. The van der Waals surface area contributed by atoms with Gasteiger partial charge in [0, 0.05) is 17.1 Å². The first-order chi connectivity index (χ1) is 10.5. The van der Waals surface area contributed by atoms with E-state index in [1.54, 1.807) is 12.1 Å². The van der Waals surface area contributed by atoms with E-state index in [0.29, 0.717) is 16.2 Å². The van der Waals surface area contributed by atoms with E-state index in [4.69, 9.17) is 4.74 Å². The number of carbonyl (C=O) groups is 1. The lowest BCUT2D eigenvalue weighted by atomic mass is 10.1. The van der Waals surface area contributed by atoms with E-state index in [1.807, 2.05) is 31.4 Å². The van der Waals surface area contributed by atoms with E-state index in [2.05, 4.69) is 4.98 Å². The molecule has 6 heteroatoms. The van der Waals surface area contributed by atoms with Crippen molar-refractivity contribution in [1.29, 1.82) is 0 Å². The van der Waals surface area contributed by atoms with Gasteiger partial charge in [-0.05, 0) is 26.0 Å². The molecule has 2 heterocycles. The quantitative estimate of drug-likeness (QED) is 0.697. The molecule has 22 heavy (non-hydrogen) atoms. The zero-order chi connectivity index (χ0) is 15.7. The fraction of sp³-hybridized carbons (Fsp3) is 0.188. The molecular weight excluding hydrogens is 300 g/mol. The van der Waals surface area contributed by atoms with Crippen LogP contribution in [0.15, 0.2) is 40.5 Å². The van der Waals surface area contributed by atoms with Gasteiger partial charge in [-0.3, -0.25) is 9.20 Å². The highest BCUT2D eigenvalue weighted by Crippen LogP contribution is 2.12. The van der Waals surface area contributed by atoms with E-state index in [9.17, 15) is 9.59 Å². The molecule has 0 spiro atoms. The van der Waals surface area contributed by atoms with Gasteiger partial charge in [0.25, 0.3) is 5.56 Å². The van der Waals surface area contributed by atoms with Crippen LogP contribution in [0.1, 0.15) is 27.3 Å². The number of benzene rings is 1. The maximum absolute atomic E-state index is 12.0. The number of hydrogen-bond acceptors (Lipinski definition) is 5. The van der Waals surface area contributed by atoms with Crippen molar-refractivity contribution in [3.05, 3.63) is 68.6 Å². The van der Waals surface area contributed by atoms with Crippen molar-refractivity contribution < 1.29 is 9.53 Å². The van der Waals surface area contributed by atoms with Crippen LogP contribution >= 0.6 is 11.3 Å². The van der Waals surface area contributed by atoms with Crippen LogP contribution in [0.3, 0.4) is 0 Å². The van der Waals surface area contributed by atoms with Crippen molar-refractivity contribution in [3.63, 3.8) is 0 Å². The van der Waals surface area contributed by atoms with Gasteiger partial charge in [-0.15, -0.1) is 11.3 Å². The number of aromatic nitrogens is 2. The maximum atomic E-state index is 12.0. The molecule has 0 atom stereocenters. The lowest BCUT2D eigenvalue weighted by Crippen LogP contribution is -2.16. The number of rotatable bonds is 3. The SMILES string of the molecule is Cc1ccc(C(=O)OCc2cc(=O)n3c(C)csc3n2)cc1. The molecule has 0 bridgehead atoms. The van der Waals surface area contributed by atoms with Gasteiger partial charge in [-0.2, -0.15) is 0 Å². The van der Waals surface area contributed by atoms with E-state index in [-0.39, 0.29) is 12.2 Å². The molecule has 0 aliphatic rings. The van der Waals surface area contributed by atoms with E-state index in [0.717, 1.165) is 11.3 Å². The number of esters is 1. The van der Waals surface area contributed by atoms with E-state index < -0.39 is 5.97 Å². The molecule has 0 N–H and O–H groups in total. The molecule has 0 fully saturated rings. The van der Waals surface area contributed by atoms with Gasteiger partial charge in [0.1, 0.15) is 6.61 Å². The Kier molecular flexibility index (Phi) is 3.77. The summed E-state index contributed by atoms with van der Waals surface area (Å²) in [5.74, 6) is -0.427. The summed E-state index contributed by atoms with van der Waals surface area (Å²) < 4.78 is 6.76. The maximum Gasteiger partial charge on any atom is 0.338 e. The fourth-order valence-corrected chi connectivity index (χ4v) is 2.98. The van der Waals surface area contributed by atoms with Gasteiger partial charge in [0.15, 0.2) is 4.96 Å². The molecule has 0 unspecified atom stereocenters. The summed E-state index contributed by atoms with van der Waals surface area (Å²) in [6.07, 6.45) is 0. The lowest BCUT2D eigenvalue weighted by Gasteiger charge is -2.05. The molecule has 1 aromatic carbocycles. The topological polar surface area (TPSA) is 60.7 Å². The lowest BCUT2D eigenvalue weighted by molar-refractivity contribution is 0.0468. The van der Waals surface area contributed by atoms with Crippen molar-refractivity contribution in [1.82, 2.24) is 9.38 Å². The highest BCUT2D eigenvalue weighted by molar-refractivity contribution is 7.15. The Balaban J connectivity index is 1.77. The van der Waals surface area contributed by atoms with Crippen LogP contribution in [0.25, 0.3) is 4.96 Å². The van der Waals surface area contributed by atoms with Crippen LogP contribution in [0.4, 0.5) is 0 Å². The summed E-state index contributed by atoms with van der Waals surface area (Å²) in [6.45, 7) is 3.78. The average molecular weight is 314 g/mol. The molecule has 3 aromatic rings. The zero-order valence-corrected chi connectivity index (χ0v) is 13.0. The summed E-state index contributed by atoms with van der Waals surface area (Å²) >= 11 is 1.39. The van der Waals surface area contributed by atoms with Gasteiger partial charge in [0.2, 0.25) is 0 Å². The minimum atomic E-state index is -0.427. The van der Waals surface area contributed by atoms with Crippen LogP contribution in [-0.4, -0.2) is 15.4 Å². The van der Waals surface area contributed by atoms with Gasteiger partial charge < -0.3 is 4.74 Å². The first kappa shape index (κ1) is 14.5. The third kappa shape index (κ3) is 2.78. The third-order valence-electron chi connectivity index (χ3n) is 3.27. The summed E-state index contributed by atoms with van der Waals surface area (Å²) in [6, 6.07) is 8.52. The molecule has 2 aromatic heterocycles. The van der Waals surface area contributed by atoms with Crippen molar-refractivity contribution in [3.8, 4) is 0 Å². The first-order valence-corrected chi connectivity index (χ1v) is 7.63. The minimum absolute atomic E-state index is 0.0185. The van der Waals surface area contributed by atoms with E-state index >= 15 is 0 Å². The van der Waals surface area contributed by atoms with Crippen molar-refractivity contribution >= 4 is 22.3 Å². The second-order valence-electron chi connectivity index (χ2n) is 5.02. The Bertz CT molecular complexity index is 894. The molecule has 0 aliphatic carbocycles. The highest BCUT2D eigenvalue weighted by atomic mass is 32.1. The predicted molar refractivity (Wildman–Crippen MR) is 84.4 cm³/mol. The molecule has 0 aliphatic heterocycles. The normalized spacial score (nSPS) is 10.8. The second-order valence-corrected chi connectivity index (χ2v) is 5.86. The molecular formula is C16H14N2O3S. The highest BCUT2D eigenvalue weighted by Gasteiger charge is 2.10. The van der Waals surface area contributed by atoms with Gasteiger partial charge in [-0.25, -0.2) is 9.78 Å². The zero-order valence-electron chi connectivity index (χ0n) is 12.2. The van der Waals surface area contributed by atoms with Gasteiger partial charge in [-0.1, -0.05) is 17.7 Å². The number of carbonyl (C=O) groups excluding carboxylic acids is 1. The van der Waals surface area contributed by atoms with Crippen LogP contribution in [0.5, 0.6) is 0 Å². The smallest absolute Gasteiger partial charge is 0.338 e. The Morgan fingerprint density at radius 1 is 1.27 bits per heavy atom. The Hall–Kier alpha value is -2.47. The Morgan fingerprint density at radius 2 is 2.00 bits per heavy atom. The van der Waals surface area contributed by atoms with Crippen molar-refractivity contribution in [2.75, 3.05) is 0 Å². The minimum Gasteiger partial charge on any atom is -0.456 e. The van der Waals surface area contributed by atoms with Crippen LogP contribution in [0.2, 0.25) is 0 Å². The van der Waals surface area contributed by atoms with Crippen LogP contribution in [0, 0.1) is 13.8 Å².